The van der Waals surface area contributed by atoms with E-state index < -0.39 is 35.9 Å². The van der Waals surface area contributed by atoms with Crippen LogP contribution in [-0.4, -0.2) is 47.4 Å². The molecule has 2 saturated heterocycles. The SMILES string of the molecule is CC(C)C[C@H]1NC(=O)[C@@H]2C[C@H](NC(=O)Nc3cccc(C(F)(F)F)c3)CN2C1=O. The number of nitrogens with one attached hydrogen (secondary N) is 3. The molecule has 0 unspecified atom stereocenters. The predicted octanol–water partition coefficient (Wildman–Crippen LogP) is 2.34. The van der Waals surface area contributed by atoms with Gasteiger partial charge in [0, 0.05) is 12.2 Å². The molecule has 4 amide bonds. The summed E-state index contributed by atoms with van der Waals surface area (Å²) in [5, 5.41) is 7.74. The number of carbonyl (C=O) groups excluding carboxylic acids is 3. The molecule has 0 bridgehead atoms. The molecule has 0 saturated carbocycles. The molecule has 0 aromatic heterocycles. The number of fused-ring (bicyclic) bond motifs is 1. The van der Waals surface area contributed by atoms with Crippen LogP contribution in [0.4, 0.5) is 23.7 Å². The van der Waals surface area contributed by atoms with Crippen LogP contribution in [0.25, 0.3) is 0 Å². The number of anilines is 1. The number of piperazine rings is 1. The van der Waals surface area contributed by atoms with Gasteiger partial charge in [-0.2, -0.15) is 13.2 Å². The van der Waals surface area contributed by atoms with E-state index in [-0.39, 0.29) is 36.4 Å². The van der Waals surface area contributed by atoms with E-state index in [9.17, 15) is 27.6 Å². The zero-order valence-electron chi connectivity index (χ0n) is 16.0. The van der Waals surface area contributed by atoms with E-state index >= 15 is 0 Å². The number of benzene rings is 1. The maximum atomic E-state index is 12.8. The Bertz CT molecular complexity index is 812. The van der Waals surface area contributed by atoms with Crippen LogP contribution in [0.3, 0.4) is 0 Å². The van der Waals surface area contributed by atoms with E-state index in [1.807, 2.05) is 13.8 Å². The third-order valence-electron chi connectivity index (χ3n) is 4.99. The fraction of sp³-hybridized carbons (Fsp3) is 0.526. The van der Waals surface area contributed by atoms with Gasteiger partial charge in [0.1, 0.15) is 12.1 Å². The van der Waals surface area contributed by atoms with Gasteiger partial charge in [0.2, 0.25) is 11.8 Å². The first-order valence-corrected chi connectivity index (χ1v) is 9.40. The average molecular weight is 412 g/mol. The first-order valence-electron chi connectivity index (χ1n) is 9.40. The van der Waals surface area contributed by atoms with Crippen molar-refractivity contribution in [3.05, 3.63) is 29.8 Å². The van der Waals surface area contributed by atoms with Crippen molar-refractivity contribution in [2.45, 2.75) is 51.0 Å². The summed E-state index contributed by atoms with van der Waals surface area (Å²) in [4.78, 5) is 38.6. The van der Waals surface area contributed by atoms with Crippen molar-refractivity contribution in [2.75, 3.05) is 11.9 Å². The summed E-state index contributed by atoms with van der Waals surface area (Å²) in [5.41, 5.74) is -0.870. The molecule has 0 radical (unpaired) electrons. The number of amides is 4. The minimum atomic E-state index is -4.51. The quantitative estimate of drug-likeness (QED) is 0.709. The Labute approximate surface area is 166 Å². The molecule has 3 N–H and O–H groups in total. The number of urea groups is 1. The maximum absolute atomic E-state index is 12.8. The van der Waals surface area contributed by atoms with Gasteiger partial charge < -0.3 is 20.9 Å². The number of hydrogen-bond acceptors (Lipinski definition) is 3. The lowest BCUT2D eigenvalue weighted by Crippen LogP contribution is -2.61. The summed E-state index contributed by atoms with van der Waals surface area (Å²) in [6, 6.07) is 1.91. The van der Waals surface area contributed by atoms with Crippen molar-refractivity contribution in [1.29, 1.82) is 0 Å². The number of nitrogens with zero attached hydrogens (tertiary/aromatic N) is 1. The smallest absolute Gasteiger partial charge is 0.342 e. The lowest BCUT2D eigenvalue weighted by Gasteiger charge is -2.35. The van der Waals surface area contributed by atoms with Crippen LogP contribution in [0.2, 0.25) is 0 Å². The Hall–Kier alpha value is -2.78. The van der Waals surface area contributed by atoms with Crippen molar-refractivity contribution >= 4 is 23.5 Å². The summed E-state index contributed by atoms with van der Waals surface area (Å²) in [6.07, 6.45) is -3.73. The fourth-order valence-electron chi connectivity index (χ4n) is 3.72. The Balaban J connectivity index is 1.60. The van der Waals surface area contributed by atoms with E-state index in [2.05, 4.69) is 16.0 Å². The summed E-state index contributed by atoms with van der Waals surface area (Å²) in [5.74, 6) is -0.195. The maximum Gasteiger partial charge on any atom is 0.416 e. The number of hydrogen-bond donors (Lipinski definition) is 3. The zero-order valence-corrected chi connectivity index (χ0v) is 16.0. The van der Waals surface area contributed by atoms with Crippen LogP contribution in [0, 0.1) is 5.92 Å². The van der Waals surface area contributed by atoms with Crippen molar-refractivity contribution in [1.82, 2.24) is 15.5 Å². The molecule has 3 atom stereocenters. The van der Waals surface area contributed by atoms with Gasteiger partial charge in [-0.1, -0.05) is 19.9 Å². The lowest BCUT2D eigenvalue weighted by molar-refractivity contribution is -0.147. The minimum Gasteiger partial charge on any atom is -0.342 e. The third-order valence-corrected chi connectivity index (χ3v) is 4.99. The van der Waals surface area contributed by atoms with Gasteiger partial charge >= 0.3 is 12.2 Å². The average Bonchev–Trinajstić information content (AvgIpc) is 3.03. The van der Waals surface area contributed by atoms with Crippen LogP contribution < -0.4 is 16.0 Å². The van der Waals surface area contributed by atoms with Gasteiger partial charge in [-0.3, -0.25) is 9.59 Å². The van der Waals surface area contributed by atoms with Gasteiger partial charge in [-0.15, -0.1) is 0 Å². The first-order chi connectivity index (χ1) is 13.5. The molecule has 3 rings (SSSR count). The second-order valence-electron chi connectivity index (χ2n) is 7.81. The predicted molar refractivity (Wildman–Crippen MR) is 98.9 cm³/mol. The fourth-order valence-corrected chi connectivity index (χ4v) is 3.72. The normalized spacial score (nSPS) is 24.3. The highest BCUT2D eigenvalue weighted by molar-refractivity contribution is 5.98. The summed E-state index contributed by atoms with van der Waals surface area (Å²) >= 11 is 0. The Morgan fingerprint density at radius 1 is 1.31 bits per heavy atom. The number of halogens is 3. The molecule has 2 aliphatic heterocycles. The van der Waals surface area contributed by atoms with E-state index in [4.69, 9.17) is 0 Å². The molecule has 158 valence electrons. The molecule has 2 heterocycles. The van der Waals surface area contributed by atoms with Crippen LogP contribution in [0.15, 0.2) is 24.3 Å². The lowest BCUT2D eigenvalue weighted by atomic mass is 9.99. The van der Waals surface area contributed by atoms with Crippen molar-refractivity contribution < 1.29 is 27.6 Å². The molecule has 2 fully saturated rings. The second kappa shape index (κ2) is 7.92. The molecule has 1 aromatic carbocycles. The van der Waals surface area contributed by atoms with Crippen LogP contribution in [0.1, 0.15) is 32.3 Å². The van der Waals surface area contributed by atoms with Crippen molar-refractivity contribution in [2.24, 2.45) is 5.92 Å². The summed E-state index contributed by atoms with van der Waals surface area (Å²) in [7, 11) is 0. The molecule has 7 nitrogen and oxygen atoms in total. The number of carbonyl (C=O) groups is 3. The van der Waals surface area contributed by atoms with E-state index in [1.54, 1.807) is 0 Å². The molecule has 1 aromatic rings. The van der Waals surface area contributed by atoms with Gasteiger partial charge in [-0.05, 0) is 37.0 Å². The van der Waals surface area contributed by atoms with Gasteiger partial charge in [-0.25, -0.2) is 4.79 Å². The Morgan fingerprint density at radius 2 is 2.03 bits per heavy atom. The molecule has 10 heteroatoms. The van der Waals surface area contributed by atoms with Crippen LogP contribution >= 0.6 is 0 Å². The molecule has 0 spiro atoms. The monoisotopic (exact) mass is 412 g/mol. The Morgan fingerprint density at radius 3 is 2.69 bits per heavy atom. The van der Waals surface area contributed by atoms with Gasteiger partial charge in [0.25, 0.3) is 0 Å². The Kier molecular flexibility index (Phi) is 5.72. The molecule has 29 heavy (non-hydrogen) atoms. The van der Waals surface area contributed by atoms with E-state index in [0.717, 1.165) is 12.1 Å². The van der Waals surface area contributed by atoms with Crippen LogP contribution in [-0.2, 0) is 15.8 Å². The van der Waals surface area contributed by atoms with Gasteiger partial charge in [0.15, 0.2) is 0 Å². The number of rotatable bonds is 4. The zero-order chi connectivity index (χ0) is 21.3. The second-order valence-corrected chi connectivity index (χ2v) is 7.81. The molecular weight excluding hydrogens is 389 g/mol. The minimum absolute atomic E-state index is 0.00105. The number of alkyl halides is 3. The highest BCUT2D eigenvalue weighted by atomic mass is 19.4. The highest BCUT2D eigenvalue weighted by Gasteiger charge is 2.46. The highest BCUT2D eigenvalue weighted by Crippen LogP contribution is 2.30. The summed E-state index contributed by atoms with van der Waals surface area (Å²) < 4.78 is 38.3. The molecule has 2 aliphatic rings. The van der Waals surface area contributed by atoms with Crippen LogP contribution in [0.5, 0.6) is 0 Å². The standard InChI is InChI=1S/C19H23F3N4O3/c1-10(2)6-14-17(28)26-9-13(8-15(26)16(27)25-14)24-18(29)23-12-5-3-4-11(7-12)19(20,21)22/h3-5,7,10,13-15H,6,8-9H2,1-2H3,(H,25,27)(H2,23,24,29)/t13-,14+,15-/m0/s1. The molecule has 0 aliphatic carbocycles. The topological polar surface area (TPSA) is 90.5 Å². The first kappa shape index (κ1) is 20.9. The molecular formula is C19H23F3N4O3. The summed E-state index contributed by atoms with van der Waals surface area (Å²) in [6.45, 7) is 4.09. The van der Waals surface area contributed by atoms with E-state index in [1.165, 1.54) is 17.0 Å². The van der Waals surface area contributed by atoms with Crippen molar-refractivity contribution in [3.8, 4) is 0 Å². The van der Waals surface area contributed by atoms with Crippen molar-refractivity contribution in [3.63, 3.8) is 0 Å². The third kappa shape index (κ3) is 4.80. The largest absolute Gasteiger partial charge is 0.416 e. The van der Waals surface area contributed by atoms with E-state index in [0.29, 0.717) is 6.42 Å². The van der Waals surface area contributed by atoms with Gasteiger partial charge in [0.05, 0.1) is 11.6 Å².